The van der Waals surface area contributed by atoms with E-state index in [1.165, 1.54) is 6.07 Å². The number of benzene rings is 1. The number of hydrogen-bond acceptors (Lipinski definition) is 2. The molecule has 18 heavy (non-hydrogen) atoms. The highest BCUT2D eigenvalue weighted by molar-refractivity contribution is 5.72. The van der Waals surface area contributed by atoms with Gasteiger partial charge in [0.1, 0.15) is 5.75 Å². The van der Waals surface area contributed by atoms with Gasteiger partial charge in [0.05, 0.1) is 12.2 Å². The molecule has 0 atom stereocenters. The number of ether oxygens (including phenoxy) is 1. The van der Waals surface area contributed by atoms with Crippen molar-refractivity contribution in [1.29, 1.82) is 0 Å². The first-order valence-electron chi connectivity index (χ1n) is 5.38. The number of hydrogen-bond donors (Lipinski definition) is 1. The van der Waals surface area contributed by atoms with E-state index in [-0.39, 0.29) is 17.4 Å². The minimum atomic E-state index is -4.48. The molecule has 0 saturated heterocycles. The fourth-order valence-electron chi connectivity index (χ4n) is 1.26. The van der Waals surface area contributed by atoms with Crippen molar-refractivity contribution in [3.05, 3.63) is 23.8 Å². The van der Waals surface area contributed by atoms with Gasteiger partial charge in [-0.1, -0.05) is 13.8 Å². The first-order valence-corrected chi connectivity index (χ1v) is 5.38. The fraction of sp³-hybridized carbons (Fsp3) is 0.417. The highest BCUT2D eigenvalue weighted by Gasteiger charge is 2.31. The summed E-state index contributed by atoms with van der Waals surface area (Å²) in [5.74, 6) is 0.282. The molecule has 0 aromatic heterocycles. The maximum absolute atomic E-state index is 12.6. The largest absolute Gasteiger partial charge is 0.493 e. The second-order valence-corrected chi connectivity index (χ2v) is 4.21. The van der Waals surface area contributed by atoms with Crippen molar-refractivity contribution in [2.75, 3.05) is 11.9 Å². The average Bonchev–Trinajstić information content (AvgIpc) is 2.25. The summed E-state index contributed by atoms with van der Waals surface area (Å²) in [5.41, 5.74) is -0.799. The molecule has 0 bridgehead atoms. The first-order chi connectivity index (χ1) is 8.32. The molecule has 3 nitrogen and oxygen atoms in total. The molecule has 1 amide bonds. The number of carbonyl (C=O) groups excluding carboxylic acids is 1. The second-order valence-electron chi connectivity index (χ2n) is 4.21. The van der Waals surface area contributed by atoms with Gasteiger partial charge in [-0.15, -0.1) is 0 Å². The van der Waals surface area contributed by atoms with Crippen LogP contribution in [0.2, 0.25) is 0 Å². The Morgan fingerprint density at radius 3 is 2.50 bits per heavy atom. The second kappa shape index (κ2) is 5.75. The molecule has 1 aromatic carbocycles. The Morgan fingerprint density at radius 1 is 1.33 bits per heavy atom. The molecule has 0 aliphatic heterocycles. The summed E-state index contributed by atoms with van der Waals surface area (Å²) in [4.78, 5) is 10.3. The lowest BCUT2D eigenvalue weighted by molar-refractivity contribution is -0.137. The monoisotopic (exact) mass is 261 g/mol. The van der Waals surface area contributed by atoms with Crippen molar-refractivity contribution in [1.82, 2.24) is 0 Å². The topological polar surface area (TPSA) is 38.3 Å². The molecule has 6 heteroatoms. The summed E-state index contributed by atoms with van der Waals surface area (Å²) in [6.07, 6.45) is -4.15. The smallest absolute Gasteiger partial charge is 0.416 e. The number of halogens is 3. The lowest BCUT2D eigenvalue weighted by Crippen LogP contribution is -2.09. The Kier molecular flexibility index (Phi) is 4.58. The Bertz CT molecular complexity index is 416. The molecular formula is C12H14F3NO2. The van der Waals surface area contributed by atoms with E-state index < -0.39 is 11.7 Å². The van der Waals surface area contributed by atoms with E-state index in [9.17, 15) is 18.0 Å². The van der Waals surface area contributed by atoms with Crippen LogP contribution in [-0.4, -0.2) is 13.0 Å². The summed E-state index contributed by atoms with van der Waals surface area (Å²) < 4.78 is 43.1. The Labute approximate surface area is 103 Å². The summed E-state index contributed by atoms with van der Waals surface area (Å²) in [7, 11) is 0. The third-order valence-corrected chi connectivity index (χ3v) is 2.04. The number of amides is 1. The van der Waals surface area contributed by atoms with Crippen LogP contribution in [-0.2, 0) is 11.0 Å². The summed E-state index contributed by atoms with van der Waals surface area (Å²) >= 11 is 0. The van der Waals surface area contributed by atoms with Crippen molar-refractivity contribution >= 4 is 12.1 Å². The maximum Gasteiger partial charge on any atom is 0.416 e. The van der Waals surface area contributed by atoms with Crippen LogP contribution < -0.4 is 10.1 Å². The third kappa shape index (κ3) is 4.27. The molecule has 0 radical (unpaired) electrons. The molecule has 0 saturated carbocycles. The number of carbonyl (C=O) groups is 1. The number of anilines is 1. The molecule has 0 fully saturated rings. The van der Waals surface area contributed by atoms with Crippen LogP contribution in [0.1, 0.15) is 19.4 Å². The molecule has 0 heterocycles. The van der Waals surface area contributed by atoms with E-state index in [1.54, 1.807) is 0 Å². The van der Waals surface area contributed by atoms with Gasteiger partial charge < -0.3 is 10.1 Å². The highest BCUT2D eigenvalue weighted by Crippen LogP contribution is 2.34. The van der Waals surface area contributed by atoms with Gasteiger partial charge in [0, 0.05) is 11.8 Å². The Balaban J connectivity index is 3.02. The quantitative estimate of drug-likeness (QED) is 0.826. The minimum absolute atomic E-state index is 0.0542. The van der Waals surface area contributed by atoms with E-state index in [4.69, 9.17) is 4.74 Å². The van der Waals surface area contributed by atoms with Gasteiger partial charge >= 0.3 is 6.18 Å². The van der Waals surface area contributed by atoms with Crippen LogP contribution in [0.4, 0.5) is 18.9 Å². The molecule has 1 aromatic rings. The highest BCUT2D eigenvalue weighted by atomic mass is 19.4. The van der Waals surface area contributed by atoms with Crippen LogP contribution in [0.25, 0.3) is 0 Å². The lowest BCUT2D eigenvalue weighted by atomic mass is 10.1. The van der Waals surface area contributed by atoms with E-state index in [0.29, 0.717) is 13.0 Å². The molecule has 1 rings (SSSR count). The van der Waals surface area contributed by atoms with E-state index in [2.05, 4.69) is 5.32 Å². The molecule has 100 valence electrons. The number of nitrogens with one attached hydrogen (secondary N) is 1. The van der Waals surface area contributed by atoms with Gasteiger partial charge in [-0.25, -0.2) is 0 Å². The summed E-state index contributed by atoms with van der Waals surface area (Å²) in [6.45, 7) is 4.08. The van der Waals surface area contributed by atoms with Crippen molar-refractivity contribution < 1.29 is 22.7 Å². The van der Waals surface area contributed by atoms with Gasteiger partial charge in [0.15, 0.2) is 0 Å². The van der Waals surface area contributed by atoms with Crippen LogP contribution >= 0.6 is 0 Å². The van der Waals surface area contributed by atoms with Gasteiger partial charge in [-0.3, -0.25) is 4.79 Å². The molecule has 0 aliphatic carbocycles. The molecule has 0 unspecified atom stereocenters. The van der Waals surface area contributed by atoms with Crippen LogP contribution in [0.3, 0.4) is 0 Å². The number of rotatable bonds is 5. The predicted octanol–water partition coefficient (Wildman–Crippen LogP) is 3.31. The van der Waals surface area contributed by atoms with Crippen molar-refractivity contribution in [2.45, 2.75) is 20.0 Å². The number of alkyl halides is 3. The fourth-order valence-corrected chi connectivity index (χ4v) is 1.26. The molecule has 1 N–H and O–H groups in total. The first kappa shape index (κ1) is 14.3. The Morgan fingerprint density at radius 2 is 2.00 bits per heavy atom. The normalized spacial score (nSPS) is 11.4. The van der Waals surface area contributed by atoms with Crippen LogP contribution in [0.15, 0.2) is 18.2 Å². The third-order valence-electron chi connectivity index (χ3n) is 2.04. The van der Waals surface area contributed by atoms with Gasteiger partial charge in [0.25, 0.3) is 0 Å². The average molecular weight is 261 g/mol. The zero-order valence-electron chi connectivity index (χ0n) is 10.0. The van der Waals surface area contributed by atoms with Crippen LogP contribution in [0.5, 0.6) is 5.75 Å². The Hall–Kier alpha value is -1.72. The van der Waals surface area contributed by atoms with E-state index in [0.717, 1.165) is 12.1 Å². The lowest BCUT2D eigenvalue weighted by Gasteiger charge is -2.13. The van der Waals surface area contributed by atoms with Gasteiger partial charge in [0.2, 0.25) is 6.41 Å². The van der Waals surface area contributed by atoms with E-state index in [1.807, 2.05) is 13.8 Å². The van der Waals surface area contributed by atoms with Crippen molar-refractivity contribution in [3.63, 3.8) is 0 Å². The predicted molar refractivity (Wildman–Crippen MR) is 61.5 cm³/mol. The summed E-state index contributed by atoms with van der Waals surface area (Å²) in [6, 6.07) is 3.13. The summed E-state index contributed by atoms with van der Waals surface area (Å²) in [5, 5.41) is 2.19. The zero-order valence-corrected chi connectivity index (χ0v) is 10.0. The molecule has 0 aliphatic rings. The van der Waals surface area contributed by atoms with Crippen molar-refractivity contribution in [2.24, 2.45) is 5.92 Å². The molecular weight excluding hydrogens is 247 g/mol. The van der Waals surface area contributed by atoms with Crippen molar-refractivity contribution in [3.8, 4) is 5.75 Å². The maximum atomic E-state index is 12.6. The zero-order chi connectivity index (χ0) is 13.8. The van der Waals surface area contributed by atoms with Gasteiger partial charge in [-0.05, 0) is 18.1 Å². The minimum Gasteiger partial charge on any atom is -0.493 e. The molecule has 0 spiro atoms. The SMILES string of the molecule is CC(C)COc1cc(NC=O)cc(C(F)(F)F)c1. The standard InChI is InChI=1S/C12H14F3NO2/c1-8(2)6-18-11-4-9(12(13,14)15)3-10(5-11)16-7-17/h3-5,7-8H,6H2,1-2H3,(H,16,17). The van der Waals surface area contributed by atoms with Gasteiger partial charge in [-0.2, -0.15) is 13.2 Å². The van der Waals surface area contributed by atoms with Crippen LogP contribution in [0, 0.1) is 5.92 Å². The van der Waals surface area contributed by atoms with E-state index >= 15 is 0 Å².